The summed E-state index contributed by atoms with van der Waals surface area (Å²) in [6.45, 7) is -0.892. The molecule has 1 atom stereocenters. The van der Waals surface area contributed by atoms with Gasteiger partial charge in [-0.1, -0.05) is 22.6 Å². The van der Waals surface area contributed by atoms with Crippen LogP contribution in [0.15, 0.2) is 0 Å². The van der Waals surface area contributed by atoms with E-state index in [1.807, 2.05) is 22.6 Å². The van der Waals surface area contributed by atoms with Crippen molar-refractivity contribution >= 4 is 45.2 Å². The van der Waals surface area contributed by atoms with E-state index in [9.17, 15) is 8.78 Å². The normalized spacial score (nSPS) is 18.9. The third-order valence-electron chi connectivity index (χ3n) is 0.391. The fourth-order valence-electron chi connectivity index (χ4n) is 0.0357. The maximum absolute atomic E-state index is 12.2. The van der Waals surface area contributed by atoms with Crippen LogP contribution in [0.1, 0.15) is 0 Å². The van der Waals surface area contributed by atoms with Crippen LogP contribution in [0, 0.1) is 0 Å². The second-order valence-corrected chi connectivity index (χ2v) is 3.82. The monoisotopic (exact) mass is 332 g/mol. The standard InChI is InChI=1S/C3H4F2I2/c4-1-3(5,7)2-6/h1-2H2. The maximum Gasteiger partial charge on any atom is 0.198 e. The average molecular weight is 332 g/mol. The largest absolute Gasteiger partial charge is 0.247 e. The highest BCUT2D eigenvalue weighted by atomic mass is 127. The van der Waals surface area contributed by atoms with E-state index in [-0.39, 0.29) is 4.43 Å². The van der Waals surface area contributed by atoms with Gasteiger partial charge in [0.05, 0.1) is 0 Å². The zero-order valence-corrected chi connectivity index (χ0v) is 7.74. The molecule has 0 aromatic rings. The van der Waals surface area contributed by atoms with Crippen molar-refractivity contribution in [2.45, 2.75) is 3.68 Å². The van der Waals surface area contributed by atoms with E-state index in [4.69, 9.17) is 0 Å². The van der Waals surface area contributed by atoms with Gasteiger partial charge in [-0.2, -0.15) is 0 Å². The molecule has 44 valence electrons. The Morgan fingerprint density at radius 2 is 2.00 bits per heavy atom. The van der Waals surface area contributed by atoms with Gasteiger partial charge in [-0.3, -0.25) is 0 Å². The smallest absolute Gasteiger partial charge is 0.198 e. The summed E-state index contributed by atoms with van der Waals surface area (Å²) in [5.74, 6) is 0. The van der Waals surface area contributed by atoms with Crippen molar-refractivity contribution in [3.63, 3.8) is 0 Å². The molecule has 0 saturated carbocycles. The molecule has 7 heavy (non-hydrogen) atoms. The first-order chi connectivity index (χ1) is 3.12. The second-order valence-electron chi connectivity index (χ2n) is 1.12. The van der Waals surface area contributed by atoms with Gasteiger partial charge in [-0.05, 0) is 22.6 Å². The van der Waals surface area contributed by atoms with E-state index in [2.05, 4.69) is 0 Å². The fourth-order valence-corrected chi connectivity index (χ4v) is 0.240. The van der Waals surface area contributed by atoms with Crippen molar-refractivity contribution in [2.75, 3.05) is 11.1 Å². The lowest BCUT2D eigenvalue weighted by Crippen LogP contribution is -2.16. The molecule has 0 amide bonds. The Kier molecular flexibility index (Phi) is 4.00. The van der Waals surface area contributed by atoms with Crippen LogP contribution >= 0.6 is 45.2 Å². The predicted molar refractivity (Wildman–Crippen MR) is 42.7 cm³/mol. The van der Waals surface area contributed by atoms with Crippen LogP contribution in [0.5, 0.6) is 0 Å². The number of hydrogen-bond donors (Lipinski definition) is 0. The highest BCUT2D eigenvalue weighted by Crippen LogP contribution is 2.23. The van der Waals surface area contributed by atoms with Crippen LogP contribution < -0.4 is 0 Å². The Hall–Kier alpha value is 1.32. The van der Waals surface area contributed by atoms with Crippen LogP contribution in [0.2, 0.25) is 0 Å². The first kappa shape index (κ1) is 8.32. The number of hydrogen-bond acceptors (Lipinski definition) is 0. The van der Waals surface area contributed by atoms with E-state index in [1.54, 1.807) is 0 Å². The lowest BCUT2D eigenvalue weighted by molar-refractivity contribution is 0.272. The summed E-state index contributed by atoms with van der Waals surface area (Å²) in [7, 11) is 0. The Labute approximate surface area is 68.3 Å². The molecule has 0 aromatic heterocycles. The Bertz CT molecular complexity index is 48.9. The first-order valence-electron chi connectivity index (χ1n) is 1.62. The maximum atomic E-state index is 12.2. The molecule has 0 bridgehead atoms. The summed E-state index contributed by atoms with van der Waals surface area (Å²) in [4.78, 5) is 0. The number of alkyl halides is 4. The molecule has 0 rings (SSSR count). The number of halogens is 4. The summed E-state index contributed by atoms with van der Waals surface area (Å²) in [5, 5.41) is 0. The van der Waals surface area contributed by atoms with E-state index in [1.165, 1.54) is 22.6 Å². The van der Waals surface area contributed by atoms with Gasteiger partial charge in [0, 0.05) is 4.43 Å². The second kappa shape index (κ2) is 3.37. The zero-order chi connectivity index (χ0) is 5.91. The van der Waals surface area contributed by atoms with E-state index in [0.29, 0.717) is 0 Å². The predicted octanol–water partition coefficient (Wildman–Crippen LogP) is 2.49. The SMILES string of the molecule is FCC(F)(I)CI. The highest BCUT2D eigenvalue weighted by molar-refractivity contribution is 14.1. The number of rotatable bonds is 2. The van der Waals surface area contributed by atoms with Gasteiger partial charge in [0.2, 0.25) is 0 Å². The minimum atomic E-state index is -1.63. The molecular weight excluding hydrogens is 328 g/mol. The van der Waals surface area contributed by atoms with Gasteiger partial charge in [-0.15, -0.1) is 0 Å². The lowest BCUT2D eigenvalue weighted by atomic mass is 10.5. The molecule has 1 unspecified atom stereocenters. The van der Waals surface area contributed by atoms with Crippen molar-refractivity contribution in [3.8, 4) is 0 Å². The van der Waals surface area contributed by atoms with Crippen LogP contribution in [0.4, 0.5) is 8.78 Å². The van der Waals surface area contributed by atoms with Crippen LogP contribution in [0.3, 0.4) is 0 Å². The summed E-state index contributed by atoms with van der Waals surface area (Å²) < 4.78 is 22.1. The van der Waals surface area contributed by atoms with Gasteiger partial charge in [0.15, 0.2) is 3.68 Å². The van der Waals surface area contributed by atoms with Gasteiger partial charge in [0.1, 0.15) is 6.67 Å². The van der Waals surface area contributed by atoms with Crippen LogP contribution in [-0.4, -0.2) is 14.8 Å². The molecule has 0 aromatic carbocycles. The van der Waals surface area contributed by atoms with E-state index >= 15 is 0 Å². The van der Waals surface area contributed by atoms with E-state index in [0.717, 1.165) is 0 Å². The third-order valence-corrected chi connectivity index (χ3v) is 3.73. The van der Waals surface area contributed by atoms with E-state index < -0.39 is 10.4 Å². The molecule has 0 aliphatic heterocycles. The Morgan fingerprint density at radius 1 is 1.57 bits per heavy atom. The molecule has 0 nitrogen and oxygen atoms in total. The van der Waals surface area contributed by atoms with Crippen molar-refractivity contribution < 1.29 is 8.78 Å². The fraction of sp³-hybridized carbons (Fsp3) is 1.00. The van der Waals surface area contributed by atoms with Gasteiger partial charge in [-0.25, -0.2) is 8.78 Å². The zero-order valence-electron chi connectivity index (χ0n) is 3.43. The van der Waals surface area contributed by atoms with Crippen LogP contribution in [0.25, 0.3) is 0 Å². The molecule has 0 fully saturated rings. The molecule has 0 aliphatic carbocycles. The molecule has 0 saturated heterocycles. The van der Waals surface area contributed by atoms with Crippen molar-refractivity contribution in [1.29, 1.82) is 0 Å². The van der Waals surface area contributed by atoms with Crippen molar-refractivity contribution in [1.82, 2.24) is 0 Å². The average Bonchev–Trinajstić information content (AvgIpc) is 1.68. The summed E-state index contributed by atoms with van der Waals surface area (Å²) in [5.41, 5.74) is 0. The van der Waals surface area contributed by atoms with Crippen LogP contribution in [-0.2, 0) is 0 Å². The lowest BCUT2D eigenvalue weighted by Gasteiger charge is -2.07. The third kappa shape index (κ3) is 3.87. The Morgan fingerprint density at radius 3 is 2.00 bits per heavy atom. The highest BCUT2D eigenvalue weighted by Gasteiger charge is 2.22. The van der Waals surface area contributed by atoms with Gasteiger partial charge < -0.3 is 0 Å². The quantitative estimate of drug-likeness (QED) is 0.539. The molecule has 4 heteroatoms. The van der Waals surface area contributed by atoms with Crippen molar-refractivity contribution in [3.05, 3.63) is 0 Å². The minimum absolute atomic E-state index is 0.210. The Balaban J connectivity index is 3.36. The summed E-state index contributed by atoms with van der Waals surface area (Å²) in [6.07, 6.45) is 0. The van der Waals surface area contributed by atoms with Gasteiger partial charge in [0.25, 0.3) is 0 Å². The minimum Gasteiger partial charge on any atom is -0.247 e. The molecular formula is C3H4F2I2. The molecule has 0 heterocycles. The summed E-state index contributed by atoms with van der Waals surface area (Å²) >= 11 is 3.26. The molecule has 0 spiro atoms. The molecule has 0 N–H and O–H groups in total. The van der Waals surface area contributed by atoms with Crippen molar-refractivity contribution in [2.24, 2.45) is 0 Å². The first-order valence-corrected chi connectivity index (χ1v) is 4.22. The topological polar surface area (TPSA) is 0 Å². The van der Waals surface area contributed by atoms with Gasteiger partial charge >= 0.3 is 0 Å². The molecule has 0 radical (unpaired) electrons. The molecule has 0 aliphatic rings. The summed E-state index contributed by atoms with van der Waals surface area (Å²) in [6, 6.07) is 0.